The second kappa shape index (κ2) is 4.77. The third-order valence-corrected chi connectivity index (χ3v) is 3.12. The molecule has 0 amide bonds. The predicted molar refractivity (Wildman–Crippen MR) is 64.0 cm³/mol. The van der Waals surface area contributed by atoms with Crippen molar-refractivity contribution in [3.63, 3.8) is 0 Å². The second-order valence-corrected chi connectivity index (χ2v) is 4.49. The van der Waals surface area contributed by atoms with Gasteiger partial charge in [-0.05, 0) is 32.4 Å². The number of aryl methyl sites for hydroxylation is 1. The highest BCUT2D eigenvalue weighted by Crippen LogP contribution is 2.14. The van der Waals surface area contributed by atoms with E-state index in [9.17, 15) is 0 Å². The van der Waals surface area contributed by atoms with Crippen molar-refractivity contribution in [1.82, 2.24) is 10.6 Å². The van der Waals surface area contributed by atoms with Crippen molar-refractivity contribution >= 4 is 0 Å². The summed E-state index contributed by atoms with van der Waals surface area (Å²) in [4.78, 5) is 0. The van der Waals surface area contributed by atoms with Crippen LogP contribution < -0.4 is 10.6 Å². The Morgan fingerprint density at radius 2 is 2.07 bits per heavy atom. The number of benzene rings is 1. The summed E-state index contributed by atoms with van der Waals surface area (Å²) < 4.78 is 0. The molecular formula is C13H20N2. The third kappa shape index (κ3) is 2.80. The van der Waals surface area contributed by atoms with E-state index in [1.807, 2.05) is 0 Å². The van der Waals surface area contributed by atoms with Crippen molar-refractivity contribution in [2.45, 2.75) is 32.4 Å². The molecule has 1 aliphatic rings. The highest BCUT2D eigenvalue weighted by atomic mass is 15.0. The number of hydrogen-bond donors (Lipinski definition) is 2. The highest BCUT2D eigenvalue weighted by Gasteiger charge is 2.16. The first kappa shape index (κ1) is 10.7. The van der Waals surface area contributed by atoms with E-state index in [1.165, 1.54) is 17.5 Å². The lowest BCUT2D eigenvalue weighted by Crippen LogP contribution is -2.33. The molecule has 1 fully saturated rings. The molecule has 1 aromatic carbocycles. The molecule has 0 spiro atoms. The van der Waals surface area contributed by atoms with Gasteiger partial charge >= 0.3 is 0 Å². The number of hydrogen-bond acceptors (Lipinski definition) is 2. The molecule has 0 aromatic heterocycles. The Bertz CT molecular complexity index is 299. The summed E-state index contributed by atoms with van der Waals surface area (Å²) in [5.41, 5.74) is 2.71. The van der Waals surface area contributed by atoms with Gasteiger partial charge in [-0.1, -0.05) is 29.8 Å². The maximum absolute atomic E-state index is 3.65. The van der Waals surface area contributed by atoms with Crippen LogP contribution >= 0.6 is 0 Å². The normalized spacial score (nSPS) is 22.9. The molecule has 1 heterocycles. The van der Waals surface area contributed by atoms with Gasteiger partial charge in [0, 0.05) is 18.6 Å². The van der Waals surface area contributed by atoms with Crippen LogP contribution in [0, 0.1) is 6.92 Å². The lowest BCUT2D eigenvalue weighted by molar-refractivity contribution is 0.478. The Morgan fingerprint density at radius 3 is 2.67 bits per heavy atom. The fourth-order valence-corrected chi connectivity index (χ4v) is 2.10. The van der Waals surface area contributed by atoms with Crippen LogP contribution in [0.25, 0.3) is 0 Å². The van der Waals surface area contributed by atoms with Crippen LogP contribution in [0.3, 0.4) is 0 Å². The molecule has 2 nitrogen and oxygen atoms in total. The smallest absolute Gasteiger partial charge is 0.0294 e. The first-order valence-electron chi connectivity index (χ1n) is 5.79. The van der Waals surface area contributed by atoms with Crippen LogP contribution in [0.5, 0.6) is 0 Å². The molecule has 2 rings (SSSR count). The molecule has 1 saturated heterocycles. The predicted octanol–water partition coefficient (Wildman–Crippen LogP) is 2.01. The summed E-state index contributed by atoms with van der Waals surface area (Å²) in [6.07, 6.45) is 1.25. The SMILES string of the molecule is Cc1ccc([C@H](C)NC2CCNC2)cc1. The molecule has 1 unspecified atom stereocenters. The van der Waals surface area contributed by atoms with E-state index in [-0.39, 0.29) is 0 Å². The van der Waals surface area contributed by atoms with E-state index in [0.717, 1.165) is 13.1 Å². The Balaban J connectivity index is 1.94. The molecule has 0 saturated carbocycles. The third-order valence-electron chi connectivity index (χ3n) is 3.12. The van der Waals surface area contributed by atoms with Gasteiger partial charge in [-0.15, -0.1) is 0 Å². The van der Waals surface area contributed by atoms with Gasteiger partial charge in [0.2, 0.25) is 0 Å². The molecule has 0 aliphatic carbocycles. The molecule has 2 atom stereocenters. The van der Waals surface area contributed by atoms with E-state index in [4.69, 9.17) is 0 Å². The molecular weight excluding hydrogens is 184 g/mol. The quantitative estimate of drug-likeness (QED) is 0.787. The average Bonchev–Trinajstić information content (AvgIpc) is 2.71. The van der Waals surface area contributed by atoms with E-state index in [2.05, 4.69) is 48.7 Å². The molecule has 0 radical (unpaired) electrons. The van der Waals surface area contributed by atoms with Crippen LogP contribution in [-0.2, 0) is 0 Å². The fraction of sp³-hybridized carbons (Fsp3) is 0.538. The topological polar surface area (TPSA) is 24.1 Å². The largest absolute Gasteiger partial charge is 0.315 e. The minimum absolute atomic E-state index is 0.454. The van der Waals surface area contributed by atoms with E-state index >= 15 is 0 Å². The van der Waals surface area contributed by atoms with Crippen LogP contribution in [0.15, 0.2) is 24.3 Å². The Kier molecular flexibility index (Phi) is 3.39. The van der Waals surface area contributed by atoms with Crippen molar-refractivity contribution in [1.29, 1.82) is 0 Å². The standard InChI is InChI=1S/C13H20N2/c1-10-3-5-12(6-4-10)11(2)15-13-7-8-14-9-13/h3-6,11,13-15H,7-9H2,1-2H3/t11-,13?/m0/s1. The second-order valence-electron chi connectivity index (χ2n) is 4.49. The molecule has 1 aliphatic heterocycles. The Labute approximate surface area is 92.1 Å². The van der Waals surface area contributed by atoms with E-state index < -0.39 is 0 Å². The van der Waals surface area contributed by atoms with Crippen LogP contribution in [0.4, 0.5) is 0 Å². The Morgan fingerprint density at radius 1 is 1.33 bits per heavy atom. The van der Waals surface area contributed by atoms with Gasteiger partial charge in [-0.2, -0.15) is 0 Å². The maximum Gasteiger partial charge on any atom is 0.0294 e. The van der Waals surface area contributed by atoms with Gasteiger partial charge < -0.3 is 10.6 Å². The number of nitrogens with one attached hydrogen (secondary N) is 2. The molecule has 1 aromatic rings. The van der Waals surface area contributed by atoms with Gasteiger partial charge in [-0.25, -0.2) is 0 Å². The lowest BCUT2D eigenvalue weighted by atomic mass is 10.1. The molecule has 2 heteroatoms. The van der Waals surface area contributed by atoms with Crippen LogP contribution in [-0.4, -0.2) is 19.1 Å². The van der Waals surface area contributed by atoms with Crippen molar-refractivity contribution in [2.24, 2.45) is 0 Å². The molecule has 2 N–H and O–H groups in total. The zero-order valence-electron chi connectivity index (χ0n) is 9.59. The van der Waals surface area contributed by atoms with Crippen molar-refractivity contribution < 1.29 is 0 Å². The average molecular weight is 204 g/mol. The van der Waals surface area contributed by atoms with Crippen LogP contribution in [0.2, 0.25) is 0 Å². The summed E-state index contributed by atoms with van der Waals surface area (Å²) in [7, 11) is 0. The zero-order chi connectivity index (χ0) is 10.7. The highest BCUT2D eigenvalue weighted by molar-refractivity contribution is 5.23. The summed E-state index contributed by atoms with van der Waals surface area (Å²) in [5, 5.41) is 7.03. The summed E-state index contributed by atoms with van der Waals surface area (Å²) >= 11 is 0. The Hall–Kier alpha value is -0.860. The molecule has 82 valence electrons. The summed E-state index contributed by atoms with van der Waals surface area (Å²) in [5.74, 6) is 0. The van der Waals surface area contributed by atoms with Crippen LogP contribution in [0.1, 0.15) is 30.5 Å². The monoisotopic (exact) mass is 204 g/mol. The summed E-state index contributed by atoms with van der Waals surface area (Å²) in [6, 6.07) is 9.89. The van der Waals surface area contributed by atoms with Gasteiger partial charge in [0.05, 0.1) is 0 Å². The molecule has 15 heavy (non-hydrogen) atoms. The van der Waals surface area contributed by atoms with E-state index in [1.54, 1.807) is 0 Å². The summed E-state index contributed by atoms with van der Waals surface area (Å²) in [6.45, 7) is 6.63. The first-order chi connectivity index (χ1) is 7.25. The molecule has 0 bridgehead atoms. The van der Waals surface area contributed by atoms with Crippen molar-refractivity contribution in [3.8, 4) is 0 Å². The minimum atomic E-state index is 0.454. The van der Waals surface area contributed by atoms with Gasteiger partial charge in [-0.3, -0.25) is 0 Å². The van der Waals surface area contributed by atoms with Gasteiger partial charge in [0.15, 0.2) is 0 Å². The maximum atomic E-state index is 3.65. The zero-order valence-corrected chi connectivity index (χ0v) is 9.59. The van der Waals surface area contributed by atoms with Gasteiger partial charge in [0.25, 0.3) is 0 Å². The van der Waals surface area contributed by atoms with E-state index in [0.29, 0.717) is 12.1 Å². The number of rotatable bonds is 3. The fourth-order valence-electron chi connectivity index (χ4n) is 2.10. The lowest BCUT2D eigenvalue weighted by Gasteiger charge is -2.19. The van der Waals surface area contributed by atoms with Gasteiger partial charge in [0.1, 0.15) is 0 Å². The van der Waals surface area contributed by atoms with Crippen molar-refractivity contribution in [3.05, 3.63) is 35.4 Å². The van der Waals surface area contributed by atoms with Crippen molar-refractivity contribution in [2.75, 3.05) is 13.1 Å². The minimum Gasteiger partial charge on any atom is -0.315 e. The first-order valence-corrected chi connectivity index (χ1v) is 5.79.